The molecule has 3 rings (SSSR count). The van der Waals surface area contributed by atoms with Crippen molar-refractivity contribution in [2.24, 2.45) is 0 Å². The normalized spacial score (nSPS) is 20.4. The minimum atomic E-state index is -0.234. The zero-order valence-corrected chi connectivity index (χ0v) is 13.6. The van der Waals surface area contributed by atoms with E-state index in [1.165, 1.54) is 18.4 Å². The molecule has 1 aromatic carbocycles. The van der Waals surface area contributed by atoms with E-state index in [1.807, 2.05) is 42.1 Å². The van der Waals surface area contributed by atoms with E-state index in [1.54, 1.807) is 0 Å². The van der Waals surface area contributed by atoms with Gasteiger partial charge < -0.3 is 5.11 Å². The zero-order valence-electron chi connectivity index (χ0n) is 12.8. The SMILES string of the molecule is CC(O)CC1CCCN1Cc1cnn(-c2ccc(Cl)cc2)c1. The van der Waals surface area contributed by atoms with Gasteiger partial charge in [-0.25, -0.2) is 4.68 Å². The number of likely N-dealkylation sites (tertiary alicyclic amines) is 1. The van der Waals surface area contributed by atoms with Crippen molar-refractivity contribution in [3.63, 3.8) is 0 Å². The van der Waals surface area contributed by atoms with Crippen LogP contribution in [-0.2, 0) is 6.54 Å². The van der Waals surface area contributed by atoms with E-state index in [-0.39, 0.29) is 6.10 Å². The van der Waals surface area contributed by atoms with Crippen LogP contribution in [0.1, 0.15) is 31.7 Å². The lowest BCUT2D eigenvalue weighted by Gasteiger charge is -2.24. The molecule has 1 aromatic heterocycles. The number of halogens is 1. The van der Waals surface area contributed by atoms with Crippen LogP contribution in [0, 0.1) is 0 Å². The second-order valence-electron chi connectivity index (χ2n) is 6.12. The van der Waals surface area contributed by atoms with E-state index >= 15 is 0 Å². The molecule has 118 valence electrons. The minimum absolute atomic E-state index is 0.234. The molecule has 2 atom stereocenters. The molecule has 0 radical (unpaired) electrons. The molecule has 2 heterocycles. The standard InChI is InChI=1S/C17H22ClN3O/c1-13(22)9-17-3-2-8-20(17)11-14-10-19-21(12-14)16-6-4-15(18)5-7-16/h4-7,10,12-13,17,22H,2-3,8-9,11H2,1H3. The molecule has 2 unspecified atom stereocenters. The molecule has 5 heteroatoms. The lowest BCUT2D eigenvalue weighted by atomic mass is 10.1. The summed E-state index contributed by atoms with van der Waals surface area (Å²) < 4.78 is 1.88. The van der Waals surface area contributed by atoms with Crippen molar-refractivity contribution in [3.05, 3.63) is 47.2 Å². The molecule has 0 spiro atoms. The van der Waals surface area contributed by atoms with Crippen LogP contribution < -0.4 is 0 Å². The van der Waals surface area contributed by atoms with Crippen LogP contribution in [-0.4, -0.2) is 38.5 Å². The zero-order chi connectivity index (χ0) is 15.5. The molecular weight excluding hydrogens is 298 g/mol. The fraction of sp³-hybridized carbons (Fsp3) is 0.471. The first-order valence-electron chi connectivity index (χ1n) is 7.83. The van der Waals surface area contributed by atoms with Crippen molar-refractivity contribution in [3.8, 4) is 5.69 Å². The highest BCUT2D eigenvalue weighted by Gasteiger charge is 2.25. The highest BCUT2D eigenvalue weighted by molar-refractivity contribution is 6.30. The summed E-state index contributed by atoms with van der Waals surface area (Å²) in [5, 5.41) is 14.8. The summed E-state index contributed by atoms with van der Waals surface area (Å²) in [6, 6.07) is 8.16. The summed E-state index contributed by atoms with van der Waals surface area (Å²) in [6.07, 6.45) is 7.00. The third kappa shape index (κ3) is 3.69. The molecule has 1 fully saturated rings. The Hall–Kier alpha value is -1.36. The molecule has 4 nitrogen and oxygen atoms in total. The van der Waals surface area contributed by atoms with Crippen LogP contribution in [0.2, 0.25) is 5.02 Å². The van der Waals surface area contributed by atoms with Crippen molar-refractivity contribution >= 4 is 11.6 Å². The predicted molar refractivity (Wildman–Crippen MR) is 88.3 cm³/mol. The number of benzene rings is 1. The number of aliphatic hydroxyl groups is 1. The van der Waals surface area contributed by atoms with Gasteiger partial charge >= 0.3 is 0 Å². The maximum Gasteiger partial charge on any atom is 0.0646 e. The van der Waals surface area contributed by atoms with E-state index in [2.05, 4.69) is 16.2 Å². The van der Waals surface area contributed by atoms with E-state index in [0.717, 1.165) is 30.2 Å². The topological polar surface area (TPSA) is 41.3 Å². The van der Waals surface area contributed by atoms with Gasteiger partial charge in [0.1, 0.15) is 0 Å². The minimum Gasteiger partial charge on any atom is -0.393 e. The van der Waals surface area contributed by atoms with Crippen molar-refractivity contribution in [2.45, 2.75) is 44.9 Å². The maximum atomic E-state index is 9.62. The predicted octanol–water partition coefficient (Wildman–Crippen LogP) is 3.26. The highest BCUT2D eigenvalue weighted by atomic mass is 35.5. The van der Waals surface area contributed by atoms with Gasteiger partial charge in [-0.3, -0.25) is 4.90 Å². The Morgan fingerprint density at radius 2 is 2.14 bits per heavy atom. The van der Waals surface area contributed by atoms with E-state index in [0.29, 0.717) is 6.04 Å². The molecular formula is C17H22ClN3O. The van der Waals surface area contributed by atoms with Crippen LogP contribution in [0.4, 0.5) is 0 Å². The second-order valence-corrected chi connectivity index (χ2v) is 6.56. The highest BCUT2D eigenvalue weighted by Crippen LogP contribution is 2.24. The fourth-order valence-electron chi connectivity index (χ4n) is 3.18. The van der Waals surface area contributed by atoms with Crippen LogP contribution in [0.3, 0.4) is 0 Å². The largest absolute Gasteiger partial charge is 0.393 e. The number of aliphatic hydroxyl groups excluding tert-OH is 1. The van der Waals surface area contributed by atoms with E-state index in [4.69, 9.17) is 11.6 Å². The molecule has 1 aliphatic heterocycles. The van der Waals surface area contributed by atoms with Gasteiger partial charge in [-0.15, -0.1) is 0 Å². The maximum absolute atomic E-state index is 9.62. The number of hydrogen-bond donors (Lipinski definition) is 1. The van der Waals surface area contributed by atoms with Gasteiger partial charge in [0.15, 0.2) is 0 Å². The molecule has 0 aliphatic carbocycles. The first-order chi connectivity index (χ1) is 10.6. The third-order valence-electron chi connectivity index (χ3n) is 4.23. The van der Waals surface area contributed by atoms with Crippen molar-refractivity contribution < 1.29 is 5.11 Å². The molecule has 1 N–H and O–H groups in total. The lowest BCUT2D eigenvalue weighted by molar-refractivity contribution is 0.131. The number of rotatable bonds is 5. The van der Waals surface area contributed by atoms with Crippen molar-refractivity contribution in [1.29, 1.82) is 0 Å². The van der Waals surface area contributed by atoms with Crippen LogP contribution in [0.25, 0.3) is 5.69 Å². The number of nitrogens with zero attached hydrogens (tertiary/aromatic N) is 3. The van der Waals surface area contributed by atoms with Gasteiger partial charge in [0, 0.05) is 29.4 Å². The van der Waals surface area contributed by atoms with Gasteiger partial charge in [0.2, 0.25) is 0 Å². The molecule has 0 saturated carbocycles. The second kappa shape index (κ2) is 6.82. The molecule has 22 heavy (non-hydrogen) atoms. The Morgan fingerprint density at radius 1 is 1.36 bits per heavy atom. The Labute approximate surface area is 136 Å². The summed E-state index contributed by atoms with van der Waals surface area (Å²) in [6.45, 7) is 3.86. The molecule has 2 aromatic rings. The van der Waals surface area contributed by atoms with Crippen molar-refractivity contribution in [2.75, 3.05) is 6.54 Å². The Kier molecular flexibility index (Phi) is 4.81. The lowest BCUT2D eigenvalue weighted by Crippen LogP contribution is -2.31. The average molecular weight is 320 g/mol. The first kappa shape index (κ1) is 15.5. The summed E-state index contributed by atoms with van der Waals surface area (Å²) in [4.78, 5) is 2.45. The van der Waals surface area contributed by atoms with Gasteiger partial charge in [-0.2, -0.15) is 5.10 Å². The monoisotopic (exact) mass is 319 g/mol. The molecule has 1 aliphatic rings. The number of hydrogen-bond acceptors (Lipinski definition) is 3. The van der Waals surface area contributed by atoms with E-state index in [9.17, 15) is 5.11 Å². The molecule has 0 amide bonds. The summed E-state index contributed by atoms with van der Waals surface area (Å²) in [5.74, 6) is 0. The molecule has 0 bridgehead atoms. The summed E-state index contributed by atoms with van der Waals surface area (Å²) >= 11 is 5.92. The fourth-order valence-corrected chi connectivity index (χ4v) is 3.30. The van der Waals surface area contributed by atoms with Gasteiger partial charge in [-0.05, 0) is 57.0 Å². The Bertz CT molecular complexity index is 609. The van der Waals surface area contributed by atoms with Crippen LogP contribution in [0.15, 0.2) is 36.7 Å². The Balaban J connectivity index is 1.67. The third-order valence-corrected chi connectivity index (χ3v) is 4.48. The Morgan fingerprint density at radius 3 is 2.86 bits per heavy atom. The van der Waals surface area contributed by atoms with Gasteiger partial charge in [-0.1, -0.05) is 11.6 Å². The van der Waals surface area contributed by atoms with Crippen molar-refractivity contribution in [1.82, 2.24) is 14.7 Å². The summed E-state index contributed by atoms with van der Waals surface area (Å²) in [5.41, 5.74) is 2.21. The summed E-state index contributed by atoms with van der Waals surface area (Å²) in [7, 11) is 0. The number of aromatic nitrogens is 2. The smallest absolute Gasteiger partial charge is 0.0646 e. The van der Waals surface area contributed by atoms with Crippen LogP contribution >= 0.6 is 11.6 Å². The quantitative estimate of drug-likeness (QED) is 0.919. The molecule has 1 saturated heterocycles. The van der Waals surface area contributed by atoms with E-state index < -0.39 is 0 Å². The van der Waals surface area contributed by atoms with Gasteiger partial charge in [0.25, 0.3) is 0 Å². The van der Waals surface area contributed by atoms with Crippen LogP contribution in [0.5, 0.6) is 0 Å². The average Bonchev–Trinajstić information content (AvgIpc) is 3.10. The van der Waals surface area contributed by atoms with Gasteiger partial charge in [0.05, 0.1) is 18.0 Å². The first-order valence-corrected chi connectivity index (χ1v) is 8.21.